The van der Waals surface area contributed by atoms with Crippen LogP contribution in [0.1, 0.15) is 0 Å². The van der Waals surface area contributed by atoms with E-state index >= 15 is 0 Å². The van der Waals surface area contributed by atoms with E-state index in [1.165, 1.54) is 12.1 Å². The number of carboxylic acid groups (broad SMARTS) is 1. The molecule has 0 bridgehead atoms. The van der Waals surface area contributed by atoms with Gasteiger partial charge >= 0.3 is 5.97 Å². The minimum absolute atomic E-state index is 0.0434. The normalized spacial score (nSPS) is 11.4. The second kappa shape index (κ2) is 5.50. The number of carboxylic acids is 1. The zero-order valence-electron chi connectivity index (χ0n) is 9.40. The van der Waals surface area contributed by atoms with E-state index in [0.717, 1.165) is 12.1 Å². The van der Waals surface area contributed by atoms with Gasteiger partial charge in [-0.05, 0) is 18.2 Å². The molecule has 1 amide bonds. The Morgan fingerprint density at radius 1 is 1.26 bits per heavy atom. The van der Waals surface area contributed by atoms with Crippen LogP contribution in [0.4, 0.5) is 11.4 Å². The fourth-order valence-corrected chi connectivity index (χ4v) is 1.81. The highest BCUT2D eigenvalue weighted by atomic mass is 32.2. The summed E-state index contributed by atoms with van der Waals surface area (Å²) in [4.78, 5) is 20.9. The molecule has 0 aliphatic rings. The lowest BCUT2D eigenvalue weighted by molar-refractivity contribution is -0.131. The maximum atomic E-state index is 11.3. The maximum absolute atomic E-state index is 11.3. The molecule has 0 spiro atoms. The summed E-state index contributed by atoms with van der Waals surface area (Å²) in [6.07, 6.45) is 1.38. The van der Waals surface area contributed by atoms with E-state index in [1.807, 2.05) is 0 Å². The Hall–Kier alpha value is -2.39. The number of rotatable bonds is 4. The first kappa shape index (κ1) is 14.7. The van der Waals surface area contributed by atoms with Crippen molar-refractivity contribution in [3.05, 3.63) is 30.4 Å². The molecular weight excluding hydrogens is 276 g/mol. The summed E-state index contributed by atoms with van der Waals surface area (Å²) < 4.78 is 30.8. The first-order chi connectivity index (χ1) is 8.70. The van der Waals surface area contributed by atoms with Crippen molar-refractivity contribution in [2.75, 3.05) is 11.1 Å². The van der Waals surface area contributed by atoms with Crippen molar-refractivity contribution in [3.63, 3.8) is 0 Å². The second-order valence-electron chi connectivity index (χ2n) is 3.39. The Morgan fingerprint density at radius 3 is 2.42 bits per heavy atom. The average Bonchev–Trinajstić information content (AvgIpc) is 2.27. The van der Waals surface area contributed by atoms with Gasteiger partial charge in [-0.25, -0.2) is 4.79 Å². The number of nitrogens with two attached hydrogens (primary N) is 1. The molecule has 0 aliphatic heterocycles. The number of carbonyl (C=O) groups excluding carboxylic acids is 1. The van der Waals surface area contributed by atoms with E-state index in [2.05, 4.69) is 5.32 Å². The summed E-state index contributed by atoms with van der Waals surface area (Å²) >= 11 is 0. The van der Waals surface area contributed by atoms with E-state index < -0.39 is 26.9 Å². The van der Waals surface area contributed by atoms with E-state index in [1.54, 1.807) is 0 Å². The van der Waals surface area contributed by atoms with Crippen LogP contribution in [0, 0.1) is 0 Å². The number of aliphatic carboxylic acids is 1. The molecule has 8 nitrogen and oxygen atoms in total. The molecule has 0 aromatic heterocycles. The van der Waals surface area contributed by atoms with Crippen molar-refractivity contribution in [3.8, 4) is 0 Å². The molecule has 1 aromatic rings. The van der Waals surface area contributed by atoms with Gasteiger partial charge in [-0.3, -0.25) is 9.35 Å². The highest BCUT2D eigenvalue weighted by Gasteiger charge is 2.14. The maximum Gasteiger partial charge on any atom is 0.328 e. The van der Waals surface area contributed by atoms with E-state index in [4.69, 9.17) is 15.4 Å². The zero-order valence-corrected chi connectivity index (χ0v) is 10.2. The van der Waals surface area contributed by atoms with E-state index in [0.29, 0.717) is 6.08 Å². The molecule has 5 N–H and O–H groups in total. The van der Waals surface area contributed by atoms with Gasteiger partial charge in [0.1, 0.15) is 4.90 Å². The van der Waals surface area contributed by atoms with Gasteiger partial charge in [-0.2, -0.15) is 8.42 Å². The van der Waals surface area contributed by atoms with Crippen LogP contribution in [0.3, 0.4) is 0 Å². The third kappa shape index (κ3) is 4.41. The molecule has 9 heteroatoms. The first-order valence-corrected chi connectivity index (χ1v) is 6.23. The Bertz CT molecular complexity index is 650. The topological polar surface area (TPSA) is 147 Å². The number of nitrogen functional groups attached to an aromatic ring is 1. The number of hydrogen-bond acceptors (Lipinski definition) is 5. The molecule has 0 heterocycles. The third-order valence-electron chi connectivity index (χ3n) is 1.94. The van der Waals surface area contributed by atoms with E-state index in [-0.39, 0.29) is 11.4 Å². The lowest BCUT2D eigenvalue weighted by atomic mass is 10.3. The Morgan fingerprint density at radius 2 is 1.89 bits per heavy atom. The van der Waals surface area contributed by atoms with Crippen molar-refractivity contribution in [2.24, 2.45) is 0 Å². The molecule has 0 saturated heterocycles. The summed E-state index contributed by atoms with van der Waals surface area (Å²) in [6, 6.07) is 3.44. The van der Waals surface area contributed by atoms with Crippen LogP contribution in [0.25, 0.3) is 0 Å². The van der Waals surface area contributed by atoms with Gasteiger partial charge in [-0.15, -0.1) is 0 Å². The Labute approximate surface area is 108 Å². The van der Waals surface area contributed by atoms with Gasteiger partial charge in [-0.1, -0.05) is 0 Å². The van der Waals surface area contributed by atoms with Crippen molar-refractivity contribution < 1.29 is 27.7 Å². The molecule has 0 aliphatic carbocycles. The molecule has 102 valence electrons. The largest absolute Gasteiger partial charge is 0.478 e. The van der Waals surface area contributed by atoms with Crippen LogP contribution in [0.2, 0.25) is 0 Å². The predicted octanol–water partition coefficient (Wildman–Crippen LogP) is 0.0948. The molecule has 19 heavy (non-hydrogen) atoms. The van der Waals surface area contributed by atoms with Crippen LogP contribution in [-0.4, -0.2) is 30.0 Å². The van der Waals surface area contributed by atoms with Gasteiger partial charge < -0.3 is 16.2 Å². The quantitative estimate of drug-likeness (QED) is 0.348. The smallest absolute Gasteiger partial charge is 0.328 e. The predicted molar refractivity (Wildman–Crippen MR) is 66.1 cm³/mol. The minimum Gasteiger partial charge on any atom is -0.478 e. The zero-order chi connectivity index (χ0) is 14.6. The van der Waals surface area contributed by atoms with Crippen LogP contribution in [0.5, 0.6) is 0 Å². The highest BCUT2D eigenvalue weighted by molar-refractivity contribution is 7.86. The molecule has 0 unspecified atom stereocenters. The van der Waals surface area contributed by atoms with Crippen molar-refractivity contribution >= 4 is 33.4 Å². The third-order valence-corrected chi connectivity index (χ3v) is 2.85. The summed E-state index contributed by atoms with van der Waals surface area (Å²) in [5, 5.41) is 10.5. The minimum atomic E-state index is -4.51. The fraction of sp³-hybridized carbons (Fsp3) is 0. The Balaban J connectivity index is 2.99. The number of carbonyl (C=O) groups is 2. The Kier molecular flexibility index (Phi) is 4.25. The number of benzene rings is 1. The van der Waals surface area contributed by atoms with Crippen LogP contribution in [-0.2, 0) is 19.7 Å². The molecule has 0 atom stereocenters. The van der Waals surface area contributed by atoms with Crippen LogP contribution in [0.15, 0.2) is 35.2 Å². The fourth-order valence-electron chi connectivity index (χ4n) is 1.17. The van der Waals surface area contributed by atoms with Gasteiger partial charge in [0.25, 0.3) is 10.1 Å². The number of anilines is 2. The van der Waals surface area contributed by atoms with Crippen LogP contribution >= 0.6 is 0 Å². The van der Waals surface area contributed by atoms with Gasteiger partial charge in [0, 0.05) is 17.8 Å². The van der Waals surface area contributed by atoms with Gasteiger partial charge in [0.15, 0.2) is 0 Å². The van der Waals surface area contributed by atoms with Crippen molar-refractivity contribution in [1.29, 1.82) is 0 Å². The SMILES string of the molecule is Nc1ccc(NC(=O)C=CC(=O)O)cc1S(=O)(=O)O. The van der Waals surface area contributed by atoms with Crippen molar-refractivity contribution in [1.82, 2.24) is 0 Å². The molecule has 1 aromatic carbocycles. The molecule has 0 fully saturated rings. The van der Waals surface area contributed by atoms with Gasteiger partial charge in [0.2, 0.25) is 5.91 Å². The molecule has 1 rings (SSSR count). The summed E-state index contributed by atoms with van der Waals surface area (Å²) in [6.45, 7) is 0. The number of hydrogen-bond donors (Lipinski definition) is 4. The second-order valence-corrected chi connectivity index (χ2v) is 4.78. The first-order valence-electron chi connectivity index (χ1n) is 4.79. The lowest BCUT2D eigenvalue weighted by Crippen LogP contribution is -2.10. The van der Waals surface area contributed by atoms with Crippen LogP contribution < -0.4 is 11.1 Å². The summed E-state index contributed by atoms with van der Waals surface area (Å²) in [7, 11) is -4.51. The molecular formula is C10H10N2O6S. The van der Waals surface area contributed by atoms with E-state index in [9.17, 15) is 18.0 Å². The standard InChI is InChI=1S/C10H10N2O6S/c11-7-2-1-6(5-8(7)19(16,17)18)12-9(13)3-4-10(14)15/h1-5H,11H2,(H,12,13)(H,14,15)(H,16,17,18). The monoisotopic (exact) mass is 286 g/mol. The summed E-state index contributed by atoms with van der Waals surface area (Å²) in [5.74, 6) is -2.07. The number of amides is 1. The molecule has 0 radical (unpaired) electrons. The lowest BCUT2D eigenvalue weighted by Gasteiger charge is -2.06. The van der Waals surface area contributed by atoms with Gasteiger partial charge in [0.05, 0.1) is 5.69 Å². The highest BCUT2D eigenvalue weighted by Crippen LogP contribution is 2.22. The van der Waals surface area contributed by atoms with Crippen molar-refractivity contribution in [2.45, 2.75) is 4.90 Å². The average molecular weight is 286 g/mol. The molecule has 0 saturated carbocycles. The summed E-state index contributed by atoms with van der Waals surface area (Å²) in [5.41, 5.74) is 5.23. The number of nitrogens with one attached hydrogen (secondary N) is 1.